The van der Waals surface area contributed by atoms with Crippen LogP contribution in [-0.2, 0) is 0 Å². The van der Waals surface area contributed by atoms with Crippen molar-refractivity contribution >= 4 is 5.96 Å². The van der Waals surface area contributed by atoms with Gasteiger partial charge in [-0.2, -0.15) is 0 Å². The molecule has 0 radical (unpaired) electrons. The highest BCUT2D eigenvalue weighted by molar-refractivity contribution is 5.83. The van der Waals surface area contributed by atoms with Crippen LogP contribution < -0.4 is 14.8 Å². The molecule has 0 spiro atoms. The fourth-order valence-corrected chi connectivity index (χ4v) is 3.06. The molecule has 1 aromatic rings. The molecule has 3 aliphatic rings. The summed E-state index contributed by atoms with van der Waals surface area (Å²) in [6.45, 7) is 4.42. The van der Waals surface area contributed by atoms with Crippen molar-refractivity contribution < 1.29 is 9.47 Å². The molecule has 1 fully saturated rings. The minimum Gasteiger partial charge on any atom is -0.454 e. The first-order chi connectivity index (χ1) is 9.31. The van der Waals surface area contributed by atoms with Crippen LogP contribution in [0.5, 0.6) is 11.5 Å². The van der Waals surface area contributed by atoms with Crippen molar-refractivity contribution in [2.45, 2.75) is 25.4 Å². The standard InChI is InChI=1S/C14H17N3O2/c1-9-7-17-11(4-5-15-14(17)16-9)10-2-3-12-13(6-10)19-8-18-12/h2-3,6,9,11H,4-5,7-8H2,1H3,(H,15,16). The molecule has 0 amide bonds. The number of guanidine groups is 1. The van der Waals surface area contributed by atoms with Crippen molar-refractivity contribution in [2.75, 3.05) is 19.9 Å². The van der Waals surface area contributed by atoms with Crippen molar-refractivity contribution in [3.8, 4) is 11.5 Å². The van der Waals surface area contributed by atoms with Crippen molar-refractivity contribution in [1.29, 1.82) is 0 Å². The molecule has 0 aromatic heterocycles. The molecule has 5 heteroatoms. The lowest BCUT2D eigenvalue weighted by Crippen LogP contribution is -2.37. The molecule has 2 unspecified atom stereocenters. The Hall–Kier alpha value is -1.91. The molecule has 2 atom stereocenters. The molecule has 0 aliphatic carbocycles. The minimum atomic E-state index is 0.332. The smallest absolute Gasteiger partial charge is 0.231 e. The van der Waals surface area contributed by atoms with E-state index in [2.05, 4.69) is 34.3 Å². The van der Waals surface area contributed by atoms with Crippen molar-refractivity contribution in [2.24, 2.45) is 4.99 Å². The average Bonchev–Trinajstić information content (AvgIpc) is 3.01. The predicted molar refractivity (Wildman–Crippen MR) is 71.5 cm³/mol. The van der Waals surface area contributed by atoms with Crippen molar-refractivity contribution in [1.82, 2.24) is 10.2 Å². The van der Waals surface area contributed by atoms with Gasteiger partial charge in [-0.25, -0.2) is 0 Å². The zero-order chi connectivity index (χ0) is 12.8. The first-order valence-electron chi connectivity index (χ1n) is 6.78. The first-order valence-corrected chi connectivity index (χ1v) is 6.78. The van der Waals surface area contributed by atoms with E-state index in [1.807, 2.05) is 6.07 Å². The summed E-state index contributed by atoms with van der Waals surface area (Å²) >= 11 is 0. The number of nitrogens with zero attached hydrogens (tertiary/aromatic N) is 2. The molecule has 1 aromatic carbocycles. The summed E-state index contributed by atoms with van der Waals surface area (Å²) in [5.74, 6) is 2.75. The number of hydrogen-bond donors (Lipinski definition) is 1. The van der Waals surface area contributed by atoms with Gasteiger partial charge in [0.25, 0.3) is 0 Å². The lowest BCUT2D eigenvalue weighted by Gasteiger charge is -2.32. The summed E-state index contributed by atoms with van der Waals surface area (Å²) in [6, 6.07) is 7.12. The Morgan fingerprint density at radius 1 is 1.32 bits per heavy atom. The molecule has 3 aliphatic heterocycles. The van der Waals surface area contributed by atoms with E-state index >= 15 is 0 Å². The van der Waals surface area contributed by atoms with Gasteiger partial charge in [0.05, 0.1) is 6.04 Å². The summed E-state index contributed by atoms with van der Waals surface area (Å²) in [4.78, 5) is 6.93. The van der Waals surface area contributed by atoms with E-state index in [0.717, 1.165) is 37.0 Å². The Morgan fingerprint density at radius 2 is 2.21 bits per heavy atom. The molecule has 19 heavy (non-hydrogen) atoms. The second kappa shape index (κ2) is 4.05. The summed E-state index contributed by atoms with van der Waals surface area (Å²) in [5, 5.41) is 3.43. The monoisotopic (exact) mass is 259 g/mol. The molecule has 100 valence electrons. The van der Waals surface area contributed by atoms with Gasteiger partial charge < -0.3 is 19.7 Å². The van der Waals surface area contributed by atoms with Crippen LogP contribution in [0.2, 0.25) is 0 Å². The van der Waals surface area contributed by atoms with Gasteiger partial charge >= 0.3 is 0 Å². The van der Waals surface area contributed by atoms with E-state index in [0.29, 0.717) is 18.9 Å². The lowest BCUT2D eigenvalue weighted by atomic mass is 10.0. The largest absolute Gasteiger partial charge is 0.454 e. The van der Waals surface area contributed by atoms with Gasteiger partial charge in [-0.3, -0.25) is 4.99 Å². The maximum absolute atomic E-state index is 5.48. The molecule has 0 bridgehead atoms. The van der Waals surface area contributed by atoms with E-state index in [1.54, 1.807) is 0 Å². The predicted octanol–water partition coefficient (Wildman–Crippen LogP) is 1.51. The van der Waals surface area contributed by atoms with E-state index in [9.17, 15) is 0 Å². The first kappa shape index (κ1) is 11.0. The van der Waals surface area contributed by atoms with Gasteiger partial charge in [-0.1, -0.05) is 6.07 Å². The fourth-order valence-electron chi connectivity index (χ4n) is 3.06. The molecule has 0 saturated carbocycles. The fraction of sp³-hybridized carbons (Fsp3) is 0.500. The van der Waals surface area contributed by atoms with Crippen molar-refractivity contribution in [3.63, 3.8) is 0 Å². The average molecular weight is 259 g/mol. The normalized spacial score (nSPS) is 27.8. The van der Waals surface area contributed by atoms with Gasteiger partial charge in [-0.05, 0) is 31.0 Å². The number of fused-ring (bicyclic) bond motifs is 2. The van der Waals surface area contributed by atoms with Gasteiger partial charge in [-0.15, -0.1) is 0 Å². The number of rotatable bonds is 1. The van der Waals surface area contributed by atoms with Gasteiger partial charge in [0, 0.05) is 19.1 Å². The van der Waals surface area contributed by atoms with Crippen LogP contribution in [0.3, 0.4) is 0 Å². The van der Waals surface area contributed by atoms with Crippen LogP contribution in [0.15, 0.2) is 23.2 Å². The Kier molecular flexibility index (Phi) is 2.33. The Labute approximate surface area is 112 Å². The minimum absolute atomic E-state index is 0.332. The zero-order valence-electron chi connectivity index (χ0n) is 10.9. The van der Waals surface area contributed by atoms with E-state index in [1.165, 1.54) is 5.56 Å². The van der Waals surface area contributed by atoms with Crippen LogP contribution >= 0.6 is 0 Å². The van der Waals surface area contributed by atoms with Crippen LogP contribution in [0.25, 0.3) is 0 Å². The number of hydrogen-bond acceptors (Lipinski definition) is 5. The van der Waals surface area contributed by atoms with Gasteiger partial charge in [0.15, 0.2) is 17.5 Å². The van der Waals surface area contributed by atoms with Crippen LogP contribution in [-0.4, -0.2) is 36.8 Å². The third-order valence-corrected chi connectivity index (χ3v) is 3.94. The van der Waals surface area contributed by atoms with E-state index in [4.69, 9.17) is 9.47 Å². The third-order valence-electron chi connectivity index (χ3n) is 3.94. The topological polar surface area (TPSA) is 46.1 Å². The van der Waals surface area contributed by atoms with Gasteiger partial charge in [0.1, 0.15) is 0 Å². The summed E-state index contributed by atoms with van der Waals surface area (Å²) in [5.41, 5.74) is 1.28. The Morgan fingerprint density at radius 3 is 3.16 bits per heavy atom. The van der Waals surface area contributed by atoms with Gasteiger partial charge in [0.2, 0.25) is 6.79 Å². The van der Waals surface area contributed by atoms with Crippen molar-refractivity contribution in [3.05, 3.63) is 23.8 Å². The SMILES string of the molecule is CC1CN2C(=NCCC2c2ccc3c(c2)OCO3)N1. The molecular weight excluding hydrogens is 242 g/mol. The zero-order valence-corrected chi connectivity index (χ0v) is 10.9. The highest BCUT2D eigenvalue weighted by atomic mass is 16.7. The van der Waals surface area contributed by atoms with Crippen LogP contribution in [0, 0.1) is 0 Å². The van der Waals surface area contributed by atoms with E-state index in [-0.39, 0.29) is 0 Å². The van der Waals surface area contributed by atoms with E-state index < -0.39 is 0 Å². The number of aliphatic imine (C=N–C) groups is 1. The Bertz CT molecular complexity index is 543. The molecule has 4 rings (SSSR count). The number of benzene rings is 1. The second-order valence-electron chi connectivity index (χ2n) is 5.32. The maximum Gasteiger partial charge on any atom is 0.231 e. The third kappa shape index (κ3) is 1.72. The van der Waals surface area contributed by atoms with Crippen LogP contribution in [0.1, 0.15) is 24.9 Å². The van der Waals surface area contributed by atoms with Crippen LogP contribution in [0.4, 0.5) is 0 Å². The number of ether oxygens (including phenoxy) is 2. The molecule has 5 nitrogen and oxygen atoms in total. The quantitative estimate of drug-likeness (QED) is 0.830. The summed E-state index contributed by atoms with van der Waals surface area (Å²) < 4.78 is 10.8. The molecular formula is C14H17N3O2. The highest BCUT2D eigenvalue weighted by Crippen LogP contribution is 2.37. The Balaban J connectivity index is 1.67. The molecule has 1 saturated heterocycles. The second-order valence-corrected chi connectivity index (χ2v) is 5.32. The summed E-state index contributed by atoms with van der Waals surface area (Å²) in [6.07, 6.45) is 1.05. The summed E-state index contributed by atoms with van der Waals surface area (Å²) in [7, 11) is 0. The number of nitrogens with one attached hydrogen (secondary N) is 1. The maximum atomic E-state index is 5.48. The lowest BCUT2D eigenvalue weighted by molar-refractivity contribution is 0.174. The highest BCUT2D eigenvalue weighted by Gasteiger charge is 2.33. The molecule has 1 N–H and O–H groups in total. The molecule has 3 heterocycles.